The molecule has 1 saturated carbocycles. The van der Waals surface area contributed by atoms with Crippen molar-refractivity contribution < 1.29 is 23.5 Å². The largest absolute Gasteiger partial charge is 0.459 e. The molecule has 1 aliphatic carbocycles. The first-order valence-corrected chi connectivity index (χ1v) is 11.6. The minimum absolute atomic E-state index is 0.000925. The van der Waals surface area contributed by atoms with Gasteiger partial charge in [-0.2, -0.15) is 0 Å². The molecule has 1 aliphatic rings. The number of rotatable bonds is 9. The molecule has 168 valence electrons. The number of thioether (sulfide) groups is 1. The summed E-state index contributed by atoms with van der Waals surface area (Å²) >= 11 is 1.02. The van der Waals surface area contributed by atoms with E-state index >= 15 is 0 Å². The molecule has 0 bridgehead atoms. The van der Waals surface area contributed by atoms with Crippen LogP contribution in [0.3, 0.4) is 0 Å². The molecule has 9 heteroatoms. The number of hydrogen-bond donors (Lipinski definition) is 1. The third kappa shape index (κ3) is 8.08. The van der Waals surface area contributed by atoms with Crippen molar-refractivity contribution in [3.63, 3.8) is 0 Å². The fraction of sp³-hybridized carbons (Fsp3) is 0.762. The Balaban J connectivity index is 1.98. The van der Waals surface area contributed by atoms with E-state index in [-0.39, 0.29) is 34.6 Å². The molecule has 1 N–H and O–H groups in total. The van der Waals surface area contributed by atoms with Crippen molar-refractivity contribution >= 4 is 29.4 Å². The lowest BCUT2D eigenvalue weighted by molar-refractivity contribution is -0.151. The summed E-state index contributed by atoms with van der Waals surface area (Å²) in [6.45, 7) is 9.34. The van der Waals surface area contributed by atoms with Crippen molar-refractivity contribution in [2.45, 2.75) is 90.0 Å². The number of aromatic nitrogens is 2. The standard InChI is InChI=1S/C21H33N3O5S/c1-13(2)11-15(22-18(27)14-9-7-6-8-10-14)17(26)19-23-24-20(28-19)30-12-16(25)29-21(3,4)5/h13-15H,6-12H2,1-5H3,(H,22,27)/t15-/m0/s1. The van der Waals surface area contributed by atoms with E-state index in [4.69, 9.17) is 9.15 Å². The summed E-state index contributed by atoms with van der Waals surface area (Å²) in [6.07, 6.45) is 5.45. The van der Waals surface area contributed by atoms with Gasteiger partial charge in [0.15, 0.2) is 0 Å². The van der Waals surface area contributed by atoms with Crippen molar-refractivity contribution in [2.24, 2.45) is 11.8 Å². The lowest BCUT2D eigenvalue weighted by Gasteiger charge is -2.24. The zero-order valence-electron chi connectivity index (χ0n) is 18.5. The molecule has 30 heavy (non-hydrogen) atoms. The maximum atomic E-state index is 12.9. The van der Waals surface area contributed by atoms with Crippen LogP contribution in [0.15, 0.2) is 9.64 Å². The molecule has 1 fully saturated rings. The molecule has 1 aromatic heterocycles. The first-order chi connectivity index (χ1) is 14.0. The van der Waals surface area contributed by atoms with Crippen LogP contribution in [0.25, 0.3) is 0 Å². The summed E-state index contributed by atoms with van der Waals surface area (Å²) in [6, 6.07) is -0.705. The molecule has 0 spiro atoms. The average molecular weight is 440 g/mol. The quantitative estimate of drug-likeness (QED) is 0.351. The topological polar surface area (TPSA) is 111 Å². The number of amides is 1. The maximum Gasteiger partial charge on any atom is 0.316 e. The van der Waals surface area contributed by atoms with Gasteiger partial charge in [0.1, 0.15) is 11.4 Å². The number of Topliss-reactive ketones (excluding diaryl/α,β-unsaturated/α-hetero) is 1. The van der Waals surface area contributed by atoms with Gasteiger partial charge >= 0.3 is 5.97 Å². The highest BCUT2D eigenvalue weighted by atomic mass is 32.2. The van der Waals surface area contributed by atoms with Crippen LogP contribution in [0.2, 0.25) is 0 Å². The van der Waals surface area contributed by atoms with Crippen molar-refractivity contribution in [2.75, 3.05) is 5.75 Å². The highest BCUT2D eigenvalue weighted by Gasteiger charge is 2.30. The van der Waals surface area contributed by atoms with Gasteiger partial charge in [-0.05, 0) is 46.0 Å². The van der Waals surface area contributed by atoms with E-state index in [1.807, 2.05) is 13.8 Å². The van der Waals surface area contributed by atoms with E-state index in [1.54, 1.807) is 20.8 Å². The Morgan fingerprint density at radius 3 is 2.43 bits per heavy atom. The van der Waals surface area contributed by atoms with E-state index in [2.05, 4.69) is 15.5 Å². The van der Waals surface area contributed by atoms with Crippen LogP contribution < -0.4 is 5.32 Å². The highest BCUT2D eigenvalue weighted by Crippen LogP contribution is 2.25. The molecule has 1 heterocycles. The van der Waals surface area contributed by atoms with Crippen LogP contribution in [0, 0.1) is 11.8 Å². The van der Waals surface area contributed by atoms with Crippen LogP contribution in [0.1, 0.15) is 83.8 Å². The second-order valence-electron chi connectivity index (χ2n) is 9.14. The van der Waals surface area contributed by atoms with Crippen molar-refractivity contribution in [1.82, 2.24) is 15.5 Å². The summed E-state index contributed by atoms with van der Waals surface area (Å²) in [4.78, 5) is 37.4. The SMILES string of the molecule is CC(C)C[C@H](NC(=O)C1CCCCC1)C(=O)c1nnc(SCC(=O)OC(C)(C)C)o1. The molecule has 0 saturated heterocycles. The van der Waals surface area contributed by atoms with Gasteiger partial charge < -0.3 is 14.5 Å². The molecule has 0 unspecified atom stereocenters. The van der Waals surface area contributed by atoms with Gasteiger partial charge in [-0.25, -0.2) is 0 Å². The maximum absolute atomic E-state index is 12.9. The molecular weight excluding hydrogens is 406 g/mol. The predicted molar refractivity (Wildman–Crippen MR) is 113 cm³/mol. The molecule has 0 aliphatic heterocycles. The normalized spacial score (nSPS) is 16.3. The van der Waals surface area contributed by atoms with E-state index in [0.29, 0.717) is 6.42 Å². The predicted octanol–water partition coefficient (Wildman–Crippen LogP) is 3.80. The molecule has 2 rings (SSSR count). The Hall–Kier alpha value is -1.90. The smallest absolute Gasteiger partial charge is 0.316 e. The fourth-order valence-electron chi connectivity index (χ4n) is 3.37. The third-order valence-corrected chi connectivity index (χ3v) is 5.46. The number of nitrogens with one attached hydrogen (secondary N) is 1. The van der Waals surface area contributed by atoms with Gasteiger partial charge in [-0.1, -0.05) is 44.9 Å². The lowest BCUT2D eigenvalue weighted by atomic mass is 9.88. The monoisotopic (exact) mass is 439 g/mol. The lowest BCUT2D eigenvalue weighted by Crippen LogP contribution is -2.45. The number of carbonyl (C=O) groups excluding carboxylic acids is 3. The molecule has 1 amide bonds. The van der Waals surface area contributed by atoms with Gasteiger partial charge in [-0.3, -0.25) is 14.4 Å². The number of nitrogens with zero attached hydrogens (tertiary/aromatic N) is 2. The van der Waals surface area contributed by atoms with Crippen LogP contribution >= 0.6 is 11.8 Å². The van der Waals surface area contributed by atoms with Crippen LogP contribution in [0.4, 0.5) is 0 Å². The second-order valence-corrected chi connectivity index (χ2v) is 10.1. The zero-order valence-corrected chi connectivity index (χ0v) is 19.3. The fourth-order valence-corrected chi connectivity index (χ4v) is 3.90. The van der Waals surface area contributed by atoms with Crippen LogP contribution in [-0.2, 0) is 14.3 Å². The number of esters is 1. The molecule has 8 nitrogen and oxygen atoms in total. The van der Waals surface area contributed by atoms with E-state index in [1.165, 1.54) is 0 Å². The molecule has 1 atom stereocenters. The van der Waals surface area contributed by atoms with Gasteiger partial charge in [0.25, 0.3) is 11.1 Å². The first-order valence-electron chi connectivity index (χ1n) is 10.6. The molecule has 1 aromatic rings. The van der Waals surface area contributed by atoms with E-state index in [0.717, 1.165) is 43.9 Å². The number of carbonyl (C=O) groups is 3. The van der Waals surface area contributed by atoms with Crippen molar-refractivity contribution in [3.8, 4) is 0 Å². The Morgan fingerprint density at radius 1 is 1.17 bits per heavy atom. The Labute approximate surface area is 182 Å². The Morgan fingerprint density at radius 2 is 1.83 bits per heavy atom. The van der Waals surface area contributed by atoms with Gasteiger partial charge in [0.05, 0.1) is 6.04 Å². The Kier molecular flexibility index (Phi) is 8.88. The van der Waals surface area contributed by atoms with Gasteiger partial charge in [-0.15, -0.1) is 10.2 Å². The molecule has 0 radical (unpaired) electrons. The highest BCUT2D eigenvalue weighted by molar-refractivity contribution is 7.99. The number of ketones is 1. The van der Waals surface area contributed by atoms with Gasteiger partial charge in [0, 0.05) is 5.92 Å². The zero-order chi connectivity index (χ0) is 22.3. The second kappa shape index (κ2) is 10.9. The van der Waals surface area contributed by atoms with Gasteiger partial charge in [0.2, 0.25) is 11.7 Å². The molecule has 0 aromatic carbocycles. The van der Waals surface area contributed by atoms with Crippen molar-refractivity contribution in [1.29, 1.82) is 0 Å². The summed E-state index contributed by atoms with van der Waals surface area (Å²) in [5.41, 5.74) is -0.575. The summed E-state index contributed by atoms with van der Waals surface area (Å²) in [7, 11) is 0. The van der Waals surface area contributed by atoms with E-state index < -0.39 is 23.4 Å². The van der Waals surface area contributed by atoms with Crippen LogP contribution in [0.5, 0.6) is 0 Å². The van der Waals surface area contributed by atoms with Crippen LogP contribution in [-0.4, -0.2) is 45.3 Å². The van der Waals surface area contributed by atoms with E-state index in [9.17, 15) is 14.4 Å². The number of hydrogen-bond acceptors (Lipinski definition) is 8. The summed E-state index contributed by atoms with van der Waals surface area (Å²) in [5.74, 6) is -0.871. The third-order valence-electron chi connectivity index (χ3n) is 4.67. The minimum Gasteiger partial charge on any atom is -0.459 e. The first kappa shape index (κ1) is 24.4. The minimum atomic E-state index is -0.705. The molecular formula is C21H33N3O5S. The summed E-state index contributed by atoms with van der Waals surface area (Å²) < 4.78 is 10.7. The summed E-state index contributed by atoms with van der Waals surface area (Å²) in [5, 5.41) is 10.7. The Bertz CT molecular complexity index is 735. The van der Waals surface area contributed by atoms with Crippen molar-refractivity contribution in [3.05, 3.63) is 5.89 Å². The average Bonchev–Trinajstić information content (AvgIpc) is 3.13. The number of ether oxygens (including phenoxy) is 1.